The van der Waals surface area contributed by atoms with Gasteiger partial charge in [-0.1, -0.05) is 38.1 Å². The summed E-state index contributed by atoms with van der Waals surface area (Å²) >= 11 is 0. The van der Waals surface area contributed by atoms with E-state index in [1.54, 1.807) is 0 Å². The summed E-state index contributed by atoms with van der Waals surface area (Å²) in [4.78, 5) is 35.2. The van der Waals surface area contributed by atoms with E-state index in [2.05, 4.69) is 24.1 Å². The van der Waals surface area contributed by atoms with Gasteiger partial charge >= 0.3 is 6.03 Å². The number of benzene rings is 2. The van der Waals surface area contributed by atoms with Gasteiger partial charge in [-0.3, -0.25) is 14.3 Å². The van der Waals surface area contributed by atoms with Crippen molar-refractivity contribution in [1.82, 2.24) is 19.4 Å². The van der Waals surface area contributed by atoms with Crippen LogP contribution in [0.15, 0.2) is 53.3 Å². The zero-order chi connectivity index (χ0) is 23.4. The summed E-state index contributed by atoms with van der Waals surface area (Å²) in [6.07, 6.45) is 1.72. The van der Waals surface area contributed by atoms with Crippen molar-refractivity contribution < 1.29 is 4.79 Å². The normalized spacial score (nSPS) is 15.5. The van der Waals surface area contributed by atoms with E-state index in [4.69, 9.17) is 4.98 Å². The molecule has 4 rings (SSSR count). The van der Waals surface area contributed by atoms with Crippen LogP contribution in [0.4, 0.5) is 10.5 Å². The van der Waals surface area contributed by atoms with Crippen molar-refractivity contribution in [1.29, 1.82) is 0 Å². The fourth-order valence-electron chi connectivity index (χ4n) is 4.65. The Morgan fingerprint density at radius 3 is 2.52 bits per heavy atom. The van der Waals surface area contributed by atoms with Crippen LogP contribution in [-0.4, -0.2) is 51.6 Å². The molecule has 7 heteroatoms. The lowest BCUT2D eigenvalue weighted by molar-refractivity contribution is 0.105. The van der Waals surface area contributed by atoms with Crippen molar-refractivity contribution in [3.63, 3.8) is 0 Å². The minimum atomic E-state index is -0.0694. The van der Waals surface area contributed by atoms with E-state index in [0.717, 1.165) is 48.5 Å². The molecule has 0 aliphatic carbocycles. The van der Waals surface area contributed by atoms with Crippen LogP contribution in [0.1, 0.15) is 44.1 Å². The number of rotatable bonds is 6. The van der Waals surface area contributed by atoms with E-state index in [1.807, 2.05) is 64.9 Å². The largest absolute Gasteiger partial charge is 0.322 e. The van der Waals surface area contributed by atoms with E-state index < -0.39 is 0 Å². The number of hydrogen-bond acceptors (Lipinski definition) is 4. The molecular weight excluding hydrogens is 414 g/mol. The zero-order valence-electron chi connectivity index (χ0n) is 19.8. The van der Waals surface area contributed by atoms with Crippen LogP contribution >= 0.6 is 0 Å². The molecule has 7 nitrogen and oxygen atoms in total. The van der Waals surface area contributed by atoms with Crippen molar-refractivity contribution in [3.05, 3.63) is 70.3 Å². The number of fused-ring (bicyclic) bond motifs is 1. The average Bonchev–Trinajstić information content (AvgIpc) is 2.82. The van der Waals surface area contributed by atoms with Gasteiger partial charge in [0.05, 0.1) is 16.9 Å². The van der Waals surface area contributed by atoms with E-state index >= 15 is 0 Å². The second-order valence-electron chi connectivity index (χ2n) is 8.69. The SMILES string of the molecule is CCCn1c(C(CC)N2CCN(C(=O)Nc3cccc(C)c3)CC2)nc2ccccc2c1=O. The smallest absolute Gasteiger partial charge is 0.321 e. The number of anilines is 1. The number of urea groups is 1. The van der Waals surface area contributed by atoms with Crippen LogP contribution in [-0.2, 0) is 6.54 Å². The molecule has 1 saturated heterocycles. The van der Waals surface area contributed by atoms with Crippen molar-refractivity contribution in [2.24, 2.45) is 0 Å². The maximum atomic E-state index is 13.2. The maximum absolute atomic E-state index is 13.2. The molecule has 1 N–H and O–H groups in total. The number of carbonyl (C=O) groups is 1. The summed E-state index contributed by atoms with van der Waals surface area (Å²) in [6, 6.07) is 15.4. The van der Waals surface area contributed by atoms with Gasteiger partial charge in [-0.15, -0.1) is 0 Å². The third-order valence-corrected chi connectivity index (χ3v) is 6.33. The number of carbonyl (C=O) groups excluding carboxylic acids is 1. The van der Waals surface area contributed by atoms with E-state index in [-0.39, 0.29) is 17.6 Å². The number of nitrogens with one attached hydrogen (secondary N) is 1. The topological polar surface area (TPSA) is 70.5 Å². The summed E-state index contributed by atoms with van der Waals surface area (Å²) < 4.78 is 1.85. The van der Waals surface area contributed by atoms with Crippen LogP contribution in [0.3, 0.4) is 0 Å². The summed E-state index contributed by atoms with van der Waals surface area (Å²) in [6.45, 7) is 9.65. The molecule has 1 aromatic heterocycles. The first-order valence-electron chi connectivity index (χ1n) is 11.9. The van der Waals surface area contributed by atoms with Crippen LogP contribution in [0, 0.1) is 6.92 Å². The number of aromatic nitrogens is 2. The quantitative estimate of drug-likeness (QED) is 0.607. The highest BCUT2D eigenvalue weighted by atomic mass is 16.2. The highest BCUT2D eigenvalue weighted by molar-refractivity contribution is 5.89. The third-order valence-electron chi connectivity index (χ3n) is 6.33. The van der Waals surface area contributed by atoms with Crippen molar-refractivity contribution in [2.75, 3.05) is 31.5 Å². The Balaban J connectivity index is 1.51. The first kappa shape index (κ1) is 23.0. The van der Waals surface area contributed by atoms with Crippen molar-refractivity contribution in [3.8, 4) is 0 Å². The Labute approximate surface area is 195 Å². The molecule has 1 aliphatic heterocycles. The lowest BCUT2D eigenvalue weighted by atomic mass is 10.1. The highest BCUT2D eigenvalue weighted by Crippen LogP contribution is 2.25. The van der Waals surface area contributed by atoms with Gasteiger partial charge in [0, 0.05) is 38.4 Å². The molecular formula is C26H33N5O2. The molecule has 1 unspecified atom stereocenters. The molecule has 0 spiro atoms. The number of nitrogens with zero attached hydrogens (tertiary/aromatic N) is 4. The van der Waals surface area contributed by atoms with E-state index in [9.17, 15) is 9.59 Å². The standard InChI is InChI=1S/C26H33N5O2/c1-4-13-31-24(28-22-12-7-6-11-21(22)25(31)32)23(5-2)29-14-16-30(17-15-29)26(33)27-20-10-8-9-19(3)18-20/h6-12,18,23H,4-5,13-17H2,1-3H3,(H,27,33). The fourth-order valence-corrected chi connectivity index (χ4v) is 4.65. The van der Waals surface area contributed by atoms with E-state index in [1.165, 1.54) is 0 Å². The molecule has 2 aromatic carbocycles. The van der Waals surface area contributed by atoms with Crippen LogP contribution in [0.5, 0.6) is 0 Å². The zero-order valence-corrected chi connectivity index (χ0v) is 19.8. The number of para-hydroxylation sites is 1. The minimum Gasteiger partial charge on any atom is -0.322 e. The lowest BCUT2D eigenvalue weighted by Gasteiger charge is -2.39. The fraction of sp³-hybridized carbons (Fsp3) is 0.423. The molecule has 0 radical (unpaired) electrons. The number of hydrogen-bond donors (Lipinski definition) is 1. The predicted octanol–water partition coefficient (Wildman–Crippen LogP) is 4.42. The summed E-state index contributed by atoms with van der Waals surface area (Å²) in [7, 11) is 0. The van der Waals surface area contributed by atoms with Gasteiger partial charge in [-0.05, 0) is 49.6 Å². The second kappa shape index (κ2) is 10.2. The van der Waals surface area contributed by atoms with Gasteiger partial charge in [-0.25, -0.2) is 9.78 Å². The molecule has 174 valence electrons. The van der Waals surface area contributed by atoms with Gasteiger partial charge in [0.2, 0.25) is 0 Å². The van der Waals surface area contributed by atoms with Crippen LogP contribution in [0.25, 0.3) is 10.9 Å². The van der Waals surface area contributed by atoms with Gasteiger partial charge in [0.25, 0.3) is 5.56 Å². The Morgan fingerprint density at radius 2 is 1.82 bits per heavy atom. The van der Waals surface area contributed by atoms with Crippen molar-refractivity contribution in [2.45, 2.75) is 46.2 Å². The Kier molecular flexibility index (Phi) is 7.08. The van der Waals surface area contributed by atoms with Gasteiger partial charge in [0.15, 0.2) is 0 Å². The predicted molar refractivity (Wildman–Crippen MR) is 133 cm³/mol. The molecule has 1 aliphatic rings. The first-order valence-corrected chi connectivity index (χ1v) is 11.9. The van der Waals surface area contributed by atoms with Gasteiger partial charge in [0.1, 0.15) is 5.82 Å². The van der Waals surface area contributed by atoms with Crippen molar-refractivity contribution >= 4 is 22.6 Å². The molecule has 33 heavy (non-hydrogen) atoms. The average molecular weight is 448 g/mol. The Bertz CT molecular complexity index is 1180. The number of amides is 2. The molecule has 3 aromatic rings. The monoisotopic (exact) mass is 447 g/mol. The van der Waals surface area contributed by atoms with Crippen LogP contribution in [0.2, 0.25) is 0 Å². The molecule has 1 fully saturated rings. The molecule has 0 bridgehead atoms. The van der Waals surface area contributed by atoms with Gasteiger partial charge < -0.3 is 10.2 Å². The molecule has 1 atom stereocenters. The minimum absolute atomic E-state index is 0.0343. The highest BCUT2D eigenvalue weighted by Gasteiger charge is 2.29. The Hall–Kier alpha value is -3.19. The molecule has 2 amide bonds. The van der Waals surface area contributed by atoms with Gasteiger partial charge in [-0.2, -0.15) is 0 Å². The van der Waals surface area contributed by atoms with E-state index in [0.29, 0.717) is 25.0 Å². The second-order valence-corrected chi connectivity index (χ2v) is 8.69. The first-order chi connectivity index (χ1) is 16.0. The molecule has 2 heterocycles. The van der Waals surface area contributed by atoms with Crippen LogP contribution < -0.4 is 10.9 Å². The molecule has 0 saturated carbocycles. The lowest BCUT2D eigenvalue weighted by Crippen LogP contribution is -2.51. The summed E-state index contributed by atoms with van der Waals surface area (Å²) in [5, 5.41) is 3.68. The summed E-state index contributed by atoms with van der Waals surface area (Å²) in [5.74, 6) is 0.834. The summed E-state index contributed by atoms with van der Waals surface area (Å²) in [5.41, 5.74) is 2.72. The maximum Gasteiger partial charge on any atom is 0.321 e. The Morgan fingerprint density at radius 1 is 1.06 bits per heavy atom. The third kappa shape index (κ3) is 4.93. The number of aryl methyl sites for hydroxylation is 1. The number of piperazine rings is 1.